The molecular formula is C12Br24. The Kier molecular flexibility index (Phi) is 20.8. The zero-order valence-electron chi connectivity index (χ0n) is 15.1. The fourth-order valence-corrected chi connectivity index (χ4v) is 24.0. The SMILES string of the molecule is BrC(Br)=C(Br)C(Br)(Br)C(Br)(Br)C(Br)(Br)C(Br)(Br)C(Br)(Br)C(Br)(Br)C(Br)(Br)C(Br)(Br)C(Br)(Br)C(Br)(Br)Br. The lowest BCUT2D eigenvalue weighted by molar-refractivity contribution is 0.565. The molecule has 0 heterocycles. The highest BCUT2D eigenvalue weighted by molar-refractivity contribution is 9.42. The van der Waals surface area contributed by atoms with Crippen molar-refractivity contribution < 1.29 is 0 Å². The molecule has 0 aromatic rings. The molecule has 0 saturated heterocycles. The van der Waals surface area contributed by atoms with E-state index in [0.29, 0.717) is 7.87 Å². The van der Waals surface area contributed by atoms with Gasteiger partial charge in [0.05, 0.1) is 3.39 Å². The monoisotopic (exact) mass is 2040 g/mol. The first-order valence-electron chi connectivity index (χ1n) is 7.29. The molecule has 0 aliphatic carbocycles. The second-order valence-corrected chi connectivity index (χ2v) is 47.4. The lowest BCUT2D eigenvalue weighted by Crippen LogP contribution is -2.70. The van der Waals surface area contributed by atoms with E-state index in [9.17, 15) is 0 Å². The van der Waals surface area contributed by atoms with Crippen LogP contribution in [0.5, 0.6) is 0 Å². The van der Waals surface area contributed by atoms with Gasteiger partial charge < -0.3 is 0 Å². The van der Waals surface area contributed by atoms with Crippen molar-refractivity contribution in [1.29, 1.82) is 0 Å². The highest BCUT2D eigenvalue weighted by Gasteiger charge is 2.80. The van der Waals surface area contributed by atoms with Crippen LogP contribution in [-0.2, 0) is 0 Å². The highest BCUT2D eigenvalue weighted by Crippen LogP contribution is 2.80. The summed E-state index contributed by atoms with van der Waals surface area (Å²) in [6, 6.07) is 0. The molecule has 36 heavy (non-hydrogen) atoms. The van der Waals surface area contributed by atoms with Crippen molar-refractivity contribution in [3.8, 4) is 0 Å². The van der Waals surface area contributed by atoms with Gasteiger partial charge in [-0.1, -0.05) is 350 Å². The molecule has 0 aliphatic rings. The summed E-state index contributed by atoms with van der Waals surface area (Å²) < 4.78 is -8.99. The summed E-state index contributed by atoms with van der Waals surface area (Å²) in [5.74, 6) is 0. The van der Waals surface area contributed by atoms with Gasteiger partial charge in [0.25, 0.3) is 0 Å². The molecule has 0 unspecified atom stereocenters. The fraction of sp³-hybridized carbons (Fsp3) is 0.833. The van der Waals surface area contributed by atoms with Crippen LogP contribution in [0.2, 0.25) is 0 Å². The van der Waals surface area contributed by atoms with Crippen LogP contribution < -0.4 is 0 Å². The molecule has 0 rings (SSSR count). The van der Waals surface area contributed by atoms with Gasteiger partial charge in [-0.15, -0.1) is 0 Å². The molecule has 0 nitrogen and oxygen atoms in total. The van der Waals surface area contributed by atoms with Crippen molar-refractivity contribution in [3.05, 3.63) is 7.87 Å². The van der Waals surface area contributed by atoms with Crippen molar-refractivity contribution in [2.24, 2.45) is 0 Å². The summed E-state index contributed by atoms with van der Waals surface area (Å²) in [5.41, 5.74) is 0. The van der Waals surface area contributed by atoms with Crippen LogP contribution in [0.4, 0.5) is 0 Å². The Morgan fingerprint density at radius 1 is 0.278 bits per heavy atom. The van der Waals surface area contributed by atoms with Crippen LogP contribution in [0.3, 0.4) is 0 Å². The zero-order chi connectivity index (χ0) is 30.2. The van der Waals surface area contributed by atoms with Crippen LogP contribution >= 0.6 is 382 Å². The van der Waals surface area contributed by atoms with Gasteiger partial charge in [0, 0.05) is 4.48 Å². The Labute approximate surface area is 411 Å². The Morgan fingerprint density at radius 2 is 0.472 bits per heavy atom. The molecule has 0 aliphatic heterocycles. The molecule has 0 atom stereocenters. The average Bonchev–Trinajstić information content (AvgIpc) is 2.64. The van der Waals surface area contributed by atoms with E-state index < -0.39 is 31.2 Å². The van der Waals surface area contributed by atoms with Crippen LogP contribution in [-0.4, -0.2) is 31.2 Å². The molecule has 0 fully saturated rings. The Balaban J connectivity index is 7.21. The maximum atomic E-state index is 3.92. The summed E-state index contributed by atoms with van der Waals surface area (Å²) in [6.07, 6.45) is 0. The summed E-state index contributed by atoms with van der Waals surface area (Å²) in [5, 5.41) is 0. The van der Waals surface area contributed by atoms with Crippen molar-refractivity contribution >= 4 is 382 Å². The van der Waals surface area contributed by atoms with E-state index in [-0.39, 0.29) is 0 Å². The van der Waals surface area contributed by atoms with E-state index >= 15 is 0 Å². The molecule has 24 heteroatoms. The molecule has 0 aromatic heterocycles. The standard InChI is InChI=1S/C12Br24/c13-1(2(14)15)3(16,17)4(18,19)5(20,21)6(22,23)7(24,25)8(26,27)9(28,29)10(30,31)11(32,33)12(34,35)36. The summed E-state index contributed by atoms with van der Waals surface area (Å²) in [7, 11) is 0. The van der Waals surface area contributed by atoms with Crippen molar-refractivity contribution in [2.75, 3.05) is 0 Å². The van der Waals surface area contributed by atoms with Gasteiger partial charge >= 0.3 is 0 Å². The number of alkyl halides is 21. The summed E-state index contributed by atoms with van der Waals surface area (Å²) >= 11 is 90.8. The van der Waals surface area contributed by atoms with Gasteiger partial charge in [0.2, 0.25) is 0 Å². The third kappa shape index (κ3) is 8.48. The van der Waals surface area contributed by atoms with Crippen LogP contribution in [0, 0.1) is 0 Å². The van der Waals surface area contributed by atoms with Crippen LogP contribution in [0.25, 0.3) is 0 Å². The molecule has 0 radical (unpaired) electrons. The summed E-state index contributed by atoms with van der Waals surface area (Å²) in [4.78, 5) is 0. The van der Waals surface area contributed by atoms with E-state index in [1.165, 1.54) is 0 Å². The molecule has 216 valence electrons. The smallest absolute Gasteiger partial charge is 0.0675 e. The van der Waals surface area contributed by atoms with E-state index in [1.807, 2.05) is 0 Å². The van der Waals surface area contributed by atoms with E-state index in [2.05, 4.69) is 382 Å². The largest absolute Gasteiger partial charge is 0.162 e. The Hall–Kier alpha value is 11.3. The maximum Gasteiger partial charge on any atom is 0.162 e. The van der Waals surface area contributed by atoms with Crippen LogP contribution in [0.1, 0.15) is 0 Å². The van der Waals surface area contributed by atoms with Gasteiger partial charge in [0.15, 0.2) is 2.14 Å². The van der Waals surface area contributed by atoms with Crippen LogP contribution in [0.15, 0.2) is 7.87 Å². The number of hydrogen-bond acceptors (Lipinski definition) is 0. The molecule has 0 amide bonds. The van der Waals surface area contributed by atoms with Crippen molar-refractivity contribution in [1.82, 2.24) is 0 Å². The third-order valence-corrected chi connectivity index (χ3v) is 50.9. The second kappa shape index (κ2) is 15.9. The lowest BCUT2D eigenvalue weighted by Gasteiger charge is -2.59. The molecule has 0 N–H and O–H groups in total. The van der Waals surface area contributed by atoms with Crippen molar-refractivity contribution in [3.63, 3.8) is 0 Å². The zero-order valence-corrected chi connectivity index (χ0v) is 53.1. The molecular weight excluding hydrogens is 2060 g/mol. The molecule has 0 aromatic carbocycles. The van der Waals surface area contributed by atoms with Gasteiger partial charge in [-0.05, 0) is 31.9 Å². The Morgan fingerprint density at radius 3 is 0.667 bits per heavy atom. The summed E-state index contributed by atoms with van der Waals surface area (Å²) in [6.45, 7) is 0. The minimum atomic E-state index is -1.14. The number of hydrogen-bond donors (Lipinski definition) is 0. The first-order chi connectivity index (χ1) is 15.1. The lowest BCUT2D eigenvalue weighted by atomic mass is 10.0. The topological polar surface area (TPSA) is 0 Å². The minimum Gasteiger partial charge on any atom is -0.0675 e. The predicted octanol–water partition coefficient (Wildman–Crippen LogP) is 18.6. The van der Waals surface area contributed by atoms with E-state index in [4.69, 9.17) is 0 Å². The first-order valence-corrected chi connectivity index (χ1v) is 26.3. The number of halogens is 24. The number of allylic oxidation sites excluding steroid dienone is 1. The quantitative estimate of drug-likeness (QED) is 0.202. The molecule has 0 spiro atoms. The molecule has 0 saturated carbocycles. The first kappa shape index (κ1) is 47.3. The van der Waals surface area contributed by atoms with Gasteiger partial charge in [-0.25, -0.2) is 0 Å². The fourth-order valence-electron chi connectivity index (χ4n) is 1.81. The third-order valence-electron chi connectivity index (χ3n) is 3.95. The molecule has 0 bridgehead atoms. The van der Waals surface area contributed by atoms with Gasteiger partial charge in [-0.3, -0.25) is 0 Å². The Bertz CT molecular complexity index is 849. The van der Waals surface area contributed by atoms with Crippen molar-refractivity contribution in [2.45, 2.75) is 31.2 Å². The minimum absolute atomic E-state index is 0.675. The van der Waals surface area contributed by atoms with Gasteiger partial charge in [-0.2, -0.15) is 0 Å². The highest BCUT2D eigenvalue weighted by atomic mass is 80.0. The number of rotatable bonds is 9. The van der Waals surface area contributed by atoms with E-state index in [0.717, 1.165) is 0 Å². The second-order valence-electron chi connectivity index (χ2n) is 6.24. The normalized spacial score (nSPS) is 16.3. The van der Waals surface area contributed by atoms with E-state index in [1.54, 1.807) is 0 Å². The van der Waals surface area contributed by atoms with Gasteiger partial charge in [0.1, 0.15) is 29.1 Å². The maximum absolute atomic E-state index is 3.92. The average molecular weight is 2060 g/mol. The predicted molar refractivity (Wildman–Crippen MR) is 249 cm³/mol.